The number of ether oxygens (including phenoxy) is 1. The number of nitrogens with zero attached hydrogens (tertiary/aromatic N) is 2. The number of rotatable bonds is 5. The third-order valence-corrected chi connectivity index (χ3v) is 2.76. The van der Waals surface area contributed by atoms with Crippen molar-refractivity contribution in [3.8, 4) is 0 Å². The zero-order chi connectivity index (χ0) is 12.2. The topological polar surface area (TPSA) is 61.0 Å². The normalized spacial score (nSPS) is 14.1. The molecular formula is C8H12F3N3OS. The number of hydrogen-bond donors (Lipinski definition) is 1. The Bertz CT molecular complexity index is 329. The molecular weight excluding hydrogens is 243 g/mol. The van der Waals surface area contributed by atoms with Gasteiger partial charge in [0.25, 0.3) is 0 Å². The molecule has 0 bridgehead atoms. The van der Waals surface area contributed by atoms with E-state index in [9.17, 15) is 13.2 Å². The van der Waals surface area contributed by atoms with Gasteiger partial charge in [-0.2, -0.15) is 13.2 Å². The Morgan fingerprint density at radius 3 is 2.69 bits per heavy atom. The first-order valence-electron chi connectivity index (χ1n) is 4.64. The van der Waals surface area contributed by atoms with E-state index in [1.165, 1.54) is 11.3 Å². The van der Waals surface area contributed by atoms with Crippen molar-refractivity contribution in [3.63, 3.8) is 0 Å². The van der Waals surface area contributed by atoms with Crippen molar-refractivity contribution in [2.24, 2.45) is 5.73 Å². The molecule has 0 saturated heterocycles. The number of aromatic nitrogens is 2. The van der Waals surface area contributed by atoms with Crippen LogP contribution < -0.4 is 5.73 Å². The zero-order valence-corrected chi connectivity index (χ0v) is 9.44. The molecule has 4 nitrogen and oxygen atoms in total. The molecule has 0 aliphatic heterocycles. The SMILES string of the molecule is CCC(N)c1nnc(COCC(F)(F)F)s1. The largest absolute Gasteiger partial charge is 0.411 e. The van der Waals surface area contributed by atoms with Gasteiger partial charge in [0, 0.05) is 0 Å². The molecule has 0 fully saturated rings. The summed E-state index contributed by atoms with van der Waals surface area (Å²) < 4.78 is 39.8. The average Bonchev–Trinajstić information content (AvgIpc) is 2.63. The van der Waals surface area contributed by atoms with Crippen LogP contribution in [-0.2, 0) is 11.3 Å². The van der Waals surface area contributed by atoms with E-state index in [0.29, 0.717) is 16.4 Å². The molecule has 1 aromatic rings. The number of hydrogen-bond acceptors (Lipinski definition) is 5. The third kappa shape index (κ3) is 4.42. The van der Waals surface area contributed by atoms with Gasteiger partial charge in [-0.05, 0) is 6.42 Å². The molecule has 1 heterocycles. The van der Waals surface area contributed by atoms with Crippen LogP contribution in [0.3, 0.4) is 0 Å². The molecule has 0 spiro atoms. The van der Waals surface area contributed by atoms with Crippen molar-refractivity contribution in [3.05, 3.63) is 10.0 Å². The van der Waals surface area contributed by atoms with Crippen LogP contribution in [0.2, 0.25) is 0 Å². The van der Waals surface area contributed by atoms with Gasteiger partial charge in [0.15, 0.2) is 0 Å². The number of halogens is 3. The highest BCUT2D eigenvalue weighted by atomic mass is 32.1. The van der Waals surface area contributed by atoms with Gasteiger partial charge in [0.05, 0.1) is 6.04 Å². The lowest BCUT2D eigenvalue weighted by molar-refractivity contribution is -0.176. The minimum Gasteiger partial charge on any atom is -0.365 e. The van der Waals surface area contributed by atoms with E-state index in [1.807, 2.05) is 6.92 Å². The highest BCUT2D eigenvalue weighted by Gasteiger charge is 2.27. The molecule has 0 aliphatic rings. The summed E-state index contributed by atoms with van der Waals surface area (Å²) in [6.45, 7) is 0.432. The molecule has 2 N–H and O–H groups in total. The first-order valence-corrected chi connectivity index (χ1v) is 5.46. The molecule has 1 atom stereocenters. The fourth-order valence-corrected chi connectivity index (χ4v) is 1.77. The summed E-state index contributed by atoms with van der Waals surface area (Å²) in [5.74, 6) is 0. The fraction of sp³-hybridized carbons (Fsp3) is 0.750. The Morgan fingerprint density at radius 1 is 1.44 bits per heavy atom. The molecule has 8 heteroatoms. The van der Waals surface area contributed by atoms with Gasteiger partial charge in [-0.3, -0.25) is 0 Å². The van der Waals surface area contributed by atoms with Crippen molar-refractivity contribution in [1.29, 1.82) is 0 Å². The quantitative estimate of drug-likeness (QED) is 0.874. The van der Waals surface area contributed by atoms with E-state index in [2.05, 4.69) is 14.9 Å². The Morgan fingerprint density at radius 2 is 2.12 bits per heavy atom. The molecule has 0 amide bonds. The highest BCUT2D eigenvalue weighted by Crippen LogP contribution is 2.20. The molecule has 0 aromatic carbocycles. The molecule has 1 unspecified atom stereocenters. The summed E-state index contributed by atoms with van der Waals surface area (Å²) in [7, 11) is 0. The Balaban J connectivity index is 2.41. The summed E-state index contributed by atoms with van der Waals surface area (Å²) in [5.41, 5.74) is 5.69. The van der Waals surface area contributed by atoms with Gasteiger partial charge >= 0.3 is 6.18 Å². The predicted molar refractivity (Wildman–Crippen MR) is 52.8 cm³/mol. The first kappa shape index (κ1) is 13.3. The second-order valence-electron chi connectivity index (χ2n) is 3.16. The lowest BCUT2D eigenvalue weighted by Gasteiger charge is -2.05. The average molecular weight is 255 g/mol. The van der Waals surface area contributed by atoms with Gasteiger partial charge in [0.1, 0.15) is 23.2 Å². The van der Waals surface area contributed by atoms with Crippen LogP contribution in [-0.4, -0.2) is 23.0 Å². The van der Waals surface area contributed by atoms with Crippen molar-refractivity contribution in [1.82, 2.24) is 10.2 Å². The van der Waals surface area contributed by atoms with Crippen LogP contribution in [0.5, 0.6) is 0 Å². The Kier molecular flexibility index (Phi) is 4.63. The maximum absolute atomic E-state index is 11.8. The van der Waals surface area contributed by atoms with Gasteiger partial charge < -0.3 is 10.5 Å². The fourth-order valence-electron chi connectivity index (χ4n) is 0.903. The predicted octanol–water partition coefficient (Wildman–Crippen LogP) is 2.03. The van der Waals surface area contributed by atoms with Gasteiger partial charge in [-0.15, -0.1) is 10.2 Å². The van der Waals surface area contributed by atoms with Crippen LogP contribution in [0.1, 0.15) is 29.4 Å². The van der Waals surface area contributed by atoms with E-state index in [-0.39, 0.29) is 12.6 Å². The van der Waals surface area contributed by atoms with Crippen LogP contribution >= 0.6 is 11.3 Å². The van der Waals surface area contributed by atoms with Crippen LogP contribution in [0, 0.1) is 0 Å². The minimum absolute atomic E-state index is 0.187. The second kappa shape index (κ2) is 5.55. The van der Waals surface area contributed by atoms with Gasteiger partial charge in [0.2, 0.25) is 0 Å². The third-order valence-electron chi connectivity index (χ3n) is 1.73. The van der Waals surface area contributed by atoms with Crippen LogP contribution in [0.25, 0.3) is 0 Å². The molecule has 1 aromatic heterocycles. The number of nitrogens with two attached hydrogens (primary N) is 1. The van der Waals surface area contributed by atoms with Crippen LogP contribution in [0.15, 0.2) is 0 Å². The molecule has 0 saturated carbocycles. The van der Waals surface area contributed by atoms with E-state index in [1.54, 1.807) is 0 Å². The van der Waals surface area contributed by atoms with E-state index >= 15 is 0 Å². The van der Waals surface area contributed by atoms with E-state index in [0.717, 1.165) is 0 Å². The molecule has 92 valence electrons. The highest BCUT2D eigenvalue weighted by molar-refractivity contribution is 7.11. The second-order valence-corrected chi connectivity index (χ2v) is 4.25. The first-order chi connectivity index (χ1) is 7.42. The van der Waals surface area contributed by atoms with E-state index < -0.39 is 12.8 Å². The summed E-state index contributed by atoms with van der Waals surface area (Å²) in [6.07, 6.45) is -3.61. The van der Waals surface area contributed by atoms with Crippen molar-refractivity contribution in [2.75, 3.05) is 6.61 Å². The summed E-state index contributed by atoms with van der Waals surface area (Å²) in [4.78, 5) is 0. The molecule has 0 aliphatic carbocycles. The number of alkyl halides is 3. The monoisotopic (exact) mass is 255 g/mol. The summed E-state index contributed by atoms with van der Waals surface area (Å²) in [5, 5.41) is 8.51. The van der Waals surface area contributed by atoms with Crippen molar-refractivity contribution in [2.45, 2.75) is 32.2 Å². The molecule has 16 heavy (non-hydrogen) atoms. The van der Waals surface area contributed by atoms with Gasteiger partial charge in [-0.25, -0.2) is 0 Å². The maximum atomic E-state index is 11.8. The lowest BCUT2D eigenvalue weighted by atomic mass is 10.3. The smallest absolute Gasteiger partial charge is 0.365 e. The lowest BCUT2D eigenvalue weighted by Crippen LogP contribution is -2.16. The van der Waals surface area contributed by atoms with E-state index in [4.69, 9.17) is 5.73 Å². The Hall–Kier alpha value is -0.730. The summed E-state index contributed by atoms with van der Waals surface area (Å²) >= 11 is 1.18. The molecule has 0 radical (unpaired) electrons. The van der Waals surface area contributed by atoms with Crippen molar-refractivity contribution >= 4 is 11.3 Å². The van der Waals surface area contributed by atoms with Crippen molar-refractivity contribution < 1.29 is 17.9 Å². The Labute approximate surface area is 94.6 Å². The minimum atomic E-state index is -4.31. The maximum Gasteiger partial charge on any atom is 0.411 e. The zero-order valence-electron chi connectivity index (χ0n) is 8.62. The van der Waals surface area contributed by atoms with Crippen LogP contribution in [0.4, 0.5) is 13.2 Å². The standard InChI is InChI=1S/C8H12F3N3OS/c1-2-5(12)7-14-13-6(16-7)3-15-4-8(9,10)11/h5H,2-4,12H2,1H3. The summed E-state index contributed by atoms with van der Waals surface area (Å²) in [6, 6.07) is -0.214. The van der Waals surface area contributed by atoms with Gasteiger partial charge in [-0.1, -0.05) is 18.3 Å². The molecule has 1 rings (SSSR count).